The van der Waals surface area contributed by atoms with Gasteiger partial charge in [0.25, 0.3) is 0 Å². The van der Waals surface area contributed by atoms with Crippen LogP contribution < -0.4 is 5.32 Å². The number of carbonyl (C=O) groups is 1. The molecular weight excluding hydrogens is 298 g/mol. The number of nitrogens with one attached hydrogen (secondary N) is 1. The fraction of sp³-hybridized carbons (Fsp3) is 0.650. The zero-order valence-corrected chi connectivity index (χ0v) is 14.5. The van der Waals surface area contributed by atoms with Crippen molar-refractivity contribution in [1.82, 2.24) is 15.1 Å². The monoisotopic (exact) mass is 327 g/mol. The van der Waals surface area contributed by atoms with Gasteiger partial charge in [-0.15, -0.1) is 0 Å². The molecule has 4 nitrogen and oxygen atoms in total. The average molecular weight is 327 g/mol. The number of hydrogen-bond acceptors (Lipinski definition) is 3. The van der Waals surface area contributed by atoms with E-state index in [-0.39, 0.29) is 6.04 Å². The van der Waals surface area contributed by atoms with Crippen molar-refractivity contribution in [2.24, 2.45) is 5.41 Å². The largest absolute Gasteiger partial charge is 0.341 e. The maximum absolute atomic E-state index is 12.7. The highest BCUT2D eigenvalue weighted by molar-refractivity contribution is 5.82. The van der Waals surface area contributed by atoms with E-state index >= 15 is 0 Å². The third-order valence-electron chi connectivity index (χ3n) is 6.10. The number of rotatable bonds is 3. The molecule has 130 valence electrons. The minimum atomic E-state index is 0.0872. The summed E-state index contributed by atoms with van der Waals surface area (Å²) in [5.41, 5.74) is 1.73. The molecule has 3 fully saturated rings. The zero-order chi connectivity index (χ0) is 16.4. The average Bonchev–Trinajstić information content (AvgIpc) is 3.26. The van der Waals surface area contributed by atoms with Gasteiger partial charge in [0.05, 0.1) is 6.04 Å². The van der Waals surface area contributed by atoms with Crippen molar-refractivity contribution >= 4 is 5.91 Å². The Morgan fingerprint density at radius 2 is 2.00 bits per heavy atom. The lowest BCUT2D eigenvalue weighted by atomic mass is 9.79. The van der Waals surface area contributed by atoms with Crippen molar-refractivity contribution in [2.45, 2.75) is 44.7 Å². The lowest BCUT2D eigenvalue weighted by Gasteiger charge is -2.40. The maximum atomic E-state index is 12.7. The summed E-state index contributed by atoms with van der Waals surface area (Å²) in [5, 5.41) is 3.36. The van der Waals surface area contributed by atoms with Gasteiger partial charge in [-0.1, -0.05) is 30.3 Å². The van der Waals surface area contributed by atoms with E-state index < -0.39 is 0 Å². The minimum Gasteiger partial charge on any atom is -0.341 e. The molecule has 4 rings (SSSR count). The SMILES string of the molecule is O=C(C1CCCN1)N1CCC2(CCCN(Cc3ccccc3)C2)C1. The first kappa shape index (κ1) is 16.1. The molecular formula is C20H29N3O. The molecule has 3 heterocycles. The molecule has 1 amide bonds. The molecule has 2 atom stereocenters. The van der Waals surface area contributed by atoms with Crippen LogP contribution in [0.2, 0.25) is 0 Å². The second-order valence-electron chi connectivity index (χ2n) is 7.96. The van der Waals surface area contributed by atoms with Gasteiger partial charge in [-0.3, -0.25) is 9.69 Å². The fourth-order valence-corrected chi connectivity index (χ4v) is 4.86. The van der Waals surface area contributed by atoms with Gasteiger partial charge in [-0.05, 0) is 50.8 Å². The highest BCUT2D eigenvalue weighted by atomic mass is 16.2. The van der Waals surface area contributed by atoms with Crippen molar-refractivity contribution in [3.63, 3.8) is 0 Å². The Morgan fingerprint density at radius 1 is 1.12 bits per heavy atom. The summed E-state index contributed by atoms with van der Waals surface area (Å²) in [7, 11) is 0. The number of nitrogens with zero attached hydrogens (tertiary/aromatic N) is 2. The molecule has 24 heavy (non-hydrogen) atoms. The summed E-state index contributed by atoms with van der Waals surface area (Å²) in [6.45, 7) is 6.30. The van der Waals surface area contributed by atoms with E-state index in [4.69, 9.17) is 0 Å². The summed E-state index contributed by atoms with van der Waals surface area (Å²) in [6, 6.07) is 10.9. The van der Waals surface area contributed by atoms with Crippen LogP contribution in [0.3, 0.4) is 0 Å². The molecule has 2 unspecified atom stereocenters. The Kier molecular flexibility index (Phi) is 4.59. The third kappa shape index (κ3) is 3.35. The van der Waals surface area contributed by atoms with Crippen LogP contribution in [0.1, 0.15) is 37.7 Å². The third-order valence-corrected chi connectivity index (χ3v) is 6.10. The second kappa shape index (κ2) is 6.85. The summed E-state index contributed by atoms with van der Waals surface area (Å²) in [4.78, 5) is 17.4. The Bertz CT molecular complexity index is 570. The van der Waals surface area contributed by atoms with Crippen molar-refractivity contribution in [1.29, 1.82) is 0 Å². The molecule has 0 aromatic heterocycles. The molecule has 0 radical (unpaired) electrons. The van der Waals surface area contributed by atoms with Gasteiger partial charge in [0.15, 0.2) is 0 Å². The molecule has 1 aromatic rings. The van der Waals surface area contributed by atoms with Gasteiger partial charge in [0.2, 0.25) is 5.91 Å². The molecule has 4 heteroatoms. The number of amides is 1. The van der Waals surface area contributed by atoms with Gasteiger partial charge < -0.3 is 10.2 Å². The molecule has 0 bridgehead atoms. The molecule has 1 aromatic carbocycles. The lowest BCUT2D eigenvalue weighted by Crippen LogP contribution is -2.47. The van der Waals surface area contributed by atoms with Crippen LogP contribution in [-0.2, 0) is 11.3 Å². The van der Waals surface area contributed by atoms with Crippen LogP contribution in [0.25, 0.3) is 0 Å². The van der Waals surface area contributed by atoms with Gasteiger partial charge in [0.1, 0.15) is 0 Å². The zero-order valence-electron chi connectivity index (χ0n) is 14.5. The number of piperidine rings is 1. The predicted molar refractivity (Wildman–Crippen MR) is 95.6 cm³/mol. The minimum absolute atomic E-state index is 0.0872. The number of hydrogen-bond donors (Lipinski definition) is 1. The van der Waals surface area contributed by atoms with Crippen molar-refractivity contribution < 1.29 is 4.79 Å². The first-order valence-corrected chi connectivity index (χ1v) is 9.53. The number of carbonyl (C=O) groups excluding carboxylic acids is 1. The van der Waals surface area contributed by atoms with E-state index in [1.165, 1.54) is 31.4 Å². The molecule has 3 aliphatic heterocycles. The van der Waals surface area contributed by atoms with Crippen LogP contribution in [0.15, 0.2) is 30.3 Å². The van der Waals surface area contributed by atoms with Crippen LogP contribution in [0.5, 0.6) is 0 Å². The number of benzene rings is 1. The molecule has 3 saturated heterocycles. The second-order valence-corrected chi connectivity index (χ2v) is 7.96. The Hall–Kier alpha value is -1.39. The summed E-state index contributed by atoms with van der Waals surface area (Å²) >= 11 is 0. The van der Waals surface area contributed by atoms with E-state index in [0.717, 1.165) is 45.6 Å². The van der Waals surface area contributed by atoms with Crippen molar-refractivity contribution in [2.75, 3.05) is 32.7 Å². The first-order valence-electron chi connectivity index (χ1n) is 9.53. The van der Waals surface area contributed by atoms with Crippen LogP contribution >= 0.6 is 0 Å². The Morgan fingerprint density at radius 3 is 2.79 bits per heavy atom. The van der Waals surface area contributed by atoms with Crippen LogP contribution in [-0.4, -0.2) is 54.5 Å². The highest BCUT2D eigenvalue weighted by Crippen LogP contribution is 2.39. The van der Waals surface area contributed by atoms with E-state index in [1.807, 2.05) is 0 Å². The van der Waals surface area contributed by atoms with Crippen molar-refractivity contribution in [3.05, 3.63) is 35.9 Å². The normalized spacial score (nSPS) is 31.0. The van der Waals surface area contributed by atoms with E-state index in [2.05, 4.69) is 45.4 Å². The quantitative estimate of drug-likeness (QED) is 0.925. The molecule has 1 N–H and O–H groups in total. The van der Waals surface area contributed by atoms with E-state index in [1.54, 1.807) is 0 Å². The van der Waals surface area contributed by atoms with Gasteiger partial charge in [-0.25, -0.2) is 0 Å². The molecule has 0 saturated carbocycles. The van der Waals surface area contributed by atoms with Crippen molar-refractivity contribution in [3.8, 4) is 0 Å². The Labute approximate surface area is 145 Å². The van der Waals surface area contributed by atoms with Gasteiger partial charge in [0, 0.05) is 31.6 Å². The molecule has 0 aliphatic carbocycles. The Balaban J connectivity index is 1.37. The highest BCUT2D eigenvalue weighted by Gasteiger charge is 2.43. The maximum Gasteiger partial charge on any atom is 0.239 e. The van der Waals surface area contributed by atoms with E-state index in [9.17, 15) is 4.79 Å². The standard InChI is InChI=1S/C20H29N3O/c24-19(18-8-4-11-21-18)23-13-10-20(16-23)9-5-12-22(15-20)14-17-6-2-1-3-7-17/h1-3,6-7,18,21H,4-5,8-16H2. The molecule has 3 aliphatic rings. The smallest absolute Gasteiger partial charge is 0.239 e. The van der Waals surface area contributed by atoms with Crippen LogP contribution in [0.4, 0.5) is 0 Å². The summed E-state index contributed by atoms with van der Waals surface area (Å²) < 4.78 is 0. The topological polar surface area (TPSA) is 35.6 Å². The fourth-order valence-electron chi connectivity index (χ4n) is 4.86. The summed E-state index contributed by atoms with van der Waals surface area (Å²) in [6.07, 6.45) is 5.87. The summed E-state index contributed by atoms with van der Waals surface area (Å²) in [5.74, 6) is 0.351. The predicted octanol–water partition coefficient (Wildman–Crippen LogP) is 2.25. The number of likely N-dealkylation sites (tertiary alicyclic amines) is 2. The van der Waals surface area contributed by atoms with Gasteiger partial charge in [-0.2, -0.15) is 0 Å². The van der Waals surface area contributed by atoms with E-state index in [0.29, 0.717) is 11.3 Å². The first-order chi connectivity index (χ1) is 11.7. The van der Waals surface area contributed by atoms with Crippen LogP contribution in [0, 0.1) is 5.41 Å². The van der Waals surface area contributed by atoms with Gasteiger partial charge >= 0.3 is 0 Å². The lowest BCUT2D eigenvalue weighted by molar-refractivity contribution is -0.132. The molecule has 1 spiro atoms.